The van der Waals surface area contributed by atoms with Crippen molar-refractivity contribution in [1.82, 2.24) is 20.1 Å². The van der Waals surface area contributed by atoms with E-state index in [1.165, 1.54) is 43.9 Å². The van der Waals surface area contributed by atoms with Gasteiger partial charge in [0.25, 0.3) is 0 Å². The third-order valence-corrected chi connectivity index (χ3v) is 6.27. The molecule has 0 saturated heterocycles. The molecule has 1 heterocycles. The molecular formula is C20H25BrN4OS. The minimum Gasteiger partial charge on any atom is -0.355 e. The van der Waals surface area contributed by atoms with Gasteiger partial charge in [-0.25, -0.2) is 0 Å². The van der Waals surface area contributed by atoms with Gasteiger partial charge in [-0.15, -0.1) is 16.8 Å². The van der Waals surface area contributed by atoms with Gasteiger partial charge >= 0.3 is 0 Å². The summed E-state index contributed by atoms with van der Waals surface area (Å²) in [7, 11) is 0. The number of nitrogens with zero attached hydrogens (tertiary/aromatic N) is 3. The summed E-state index contributed by atoms with van der Waals surface area (Å²) >= 11 is 4.87. The molecule has 1 aromatic heterocycles. The van der Waals surface area contributed by atoms with Crippen molar-refractivity contribution in [3.8, 4) is 11.4 Å². The van der Waals surface area contributed by atoms with E-state index >= 15 is 0 Å². The Labute approximate surface area is 173 Å². The molecule has 5 nitrogen and oxygen atoms in total. The topological polar surface area (TPSA) is 59.8 Å². The average molecular weight is 449 g/mol. The SMILES string of the molecule is C=CCn1c(SCC(=O)NCC2CCCCC2)nnc1-c1ccc(Br)cc1. The van der Waals surface area contributed by atoms with Crippen LogP contribution in [0.15, 0.2) is 46.5 Å². The summed E-state index contributed by atoms with van der Waals surface area (Å²) in [5.74, 6) is 1.83. The van der Waals surface area contributed by atoms with E-state index in [0.29, 0.717) is 18.2 Å². The molecule has 1 aliphatic carbocycles. The molecule has 3 rings (SSSR count). The van der Waals surface area contributed by atoms with Crippen molar-refractivity contribution in [1.29, 1.82) is 0 Å². The second-order valence-electron chi connectivity index (χ2n) is 6.81. The summed E-state index contributed by atoms with van der Waals surface area (Å²) in [6, 6.07) is 7.96. The van der Waals surface area contributed by atoms with Crippen molar-refractivity contribution in [3.05, 3.63) is 41.4 Å². The monoisotopic (exact) mass is 448 g/mol. The molecule has 27 heavy (non-hydrogen) atoms. The summed E-state index contributed by atoms with van der Waals surface area (Å²) in [4.78, 5) is 12.2. The first-order valence-electron chi connectivity index (χ1n) is 9.37. The predicted octanol–water partition coefficient (Wildman–Crippen LogP) is 4.68. The molecule has 1 aromatic carbocycles. The quantitative estimate of drug-likeness (QED) is 0.470. The zero-order valence-electron chi connectivity index (χ0n) is 15.4. The Bertz CT molecular complexity index is 769. The first kappa shape index (κ1) is 20.1. The van der Waals surface area contributed by atoms with E-state index in [9.17, 15) is 4.79 Å². The van der Waals surface area contributed by atoms with Crippen molar-refractivity contribution in [2.45, 2.75) is 43.8 Å². The van der Waals surface area contributed by atoms with Crippen molar-refractivity contribution in [2.75, 3.05) is 12.3 Å². The van der Waals surface area contributed by atoms with E-state index in [1.54, 1.807) is 0 Å². The molecule has 1 N–H and O–H groups in total. The van der Waals surface area contributed by atoms with Crippen LogP contribution >= 0.6 is 27.7 Å². The third-order valence-electron chi connectivity index (χ3n) is 4.78. The lowest BCUT2D eigenvalue weighted by molar-refractivity contribution is -0.118. The van der Waals surface area contributed by atoms with Crippen molar-refractivity contribution >= 4 is 33.6 Å². The minimum absolute atomic E-state index is 0.0592. The fourth-order valence-electron chi connectivity index (χ4n) is 3.33. The zero-order chi connectivity index (χ0) is 19.1. The van der Waals surface area contributed by atoms with E-state index in [1.807, 2.05) is 34.9 Å². The van der Waals surface area contributed by atoms with E-state index in [-0.39, 0.29) is 5.91 Å². The number of thioether (sulfide) groups is 1. The van der Waals surface area contributed by atoms with Gasteiger partial charge in [-0.2, -0.15) is 0 Å². The van der Waals surface area contributed by atoms with E-state index in [4.69, 9.17) is 0 Å². The molecule has 0 atom stereocenters. The number of allylic oxidation sites excluding steroid dienone is 1. The van der Waals surface area contributed by atoms with Gasteiger partial charge in [0.05, 0.1) is 5.75 Å². The maximum Gasteiger partial charge on any atom is 0.230 e. The molecular weight excluding hydrogens is 424 g/mol. The number of hydrogen-bond donors (Lipinski definition) is 1. The number of hydrogen-bond acceptors (Lipinski definition) is 4. The number of aromatic nitrogens is 3. The van der Waals surface area contributed by atoms with Crippen molar-refractivity contribution in [3.63, 3.8) is 0 Å². The van der Waals surface area contributed by atoms with E-state index < -0.39 is 0 Å². The Morgan fingerprint density at radius 1 is 1.26 bits per heavy atom. The molecule has 1 saturated carbocycles. The van der Waals surface area contributed by atoms with Gasteiger partial charge in [0.1, 0.15) is 0 Å². The first-order chi connectivity index (χ1) is 13.2. The Balaban J connectivity index is 1.59. The Morgan fingerprint density at radius 3 is 2.70 bits per heavy atom. The predicted molar refractivity (Wildman–Crippen MR) is 114 cm³/mol. The van der Waals surface area contributed by atoms with Crippen molar-refractivity contribution < 1.29 is 4.79 Å². The van der Waals surface area contributed by atoms with Gasteiger partial charge < -0.3 is 5.32 Å². The number of carbonyl (C=O) groups is 1. The Hall–Kier alpha value is -1.60. The third kappa shape index (κ3) is 5.69. The van der Waals surface area contributed by atoms with Gasteiger partial charge in [-0.3, -0.25) is 9.36 Å². The number of carbonyl (C=O) groups excluding carboxylic acids is 1. The molecule has 0 radical (unpaired) electrons. The molecule has 0 unspecified atom stereocenters. The van der Waals surface area contributed by atoms with Crippen LogP contribution in [0.2, 0.25) is 0 Å². The largest absolute Gasteiger partial charge is 0.355 e. The van der Waals surface area contributed by atoms with Crippen molar-refractivity contribution in [2.24, 2.45) is 5.92 Å². The van der Waals surface area contributed by atoms with E-state index in [2.05, 4.69) is 38.0 Å². The van der Waals surface area contributed by atoms with Crippen LogP contribution < -0.4 is 5.32 Å². The van der Waals surface area contributed by atoms with Gasteiger partial charge in [0.15, 0.2) is 11.0 Å². The van der Waals surface area contributed by atoms with E-state index in [0.717, 1.165) is 27.6 Å². The molecule has 2 aromatic rings. The molecule has 1 amide bonds. The van der Waals surface area contributed by atoms with Crippen LogP contribution in [0.4, 0.5) is 0 Å². The molecule has 7 heteroatoms. The Morgan fingerprint density at radius 2 is 2.00 bits per heavy atom. The summed E-state index contributed by atoms with van der Waals surface area (Å²) in [5, 5.41) is 12.4. The summed E-state index contributed by atoms with van der Waals surface area (Å²) in [6.45, 7) is 5.23. The van der Waals surface area contributed by atoms with Gasteiger partial charge in [-0.1, -0.05) is 65.2 Å². The maximum atomic E-state index is 12.2. The van der Waals surface area contributed by atoms with Crippen LogP contribution in [0.25, 0.3) is 11.4 Å². The van der Waals surface area contributed by atoms with Crippen LogP contribution in [-0.2, 0) is 11.3 Å². The smallest absolute Gasteiger partial charge is 0.230 e. The minimum atomic E-state index is 0.0592. The molecule has 1 fully saturated rings. The second-order valence-corrected chi connectivity index (χ2v) is 8.67. The van der Waals surface area contributed by atoms with Crippen LogP contribution in [0.3, 0.4) is 0 Å². The number of nitrogens with one attached hydrogen (secondary N) is 1. The lowest BCUT2D eigenvalue weighted by Gasteiger charge is -2.21. The summed E-state index contributed by atoms with van der Waals surface area (Å²) < 4.78 is 3.01. The fraction of sp³-hybridized carbons (Fsp3) is 0.450. The summed E-state index contributed by atoms with van der Waals surface area (Å²) in [6.07, 6.45) is 8.20. The van der Waals surface area contributed by atoms with Crippen LogP contribution in [0, 0.1) is 5.92 Å². The second kappa shape index (κ2) is 10.1. The lowest BCUT2D eigenvalue weighted by Crippen LogP contribution is -2.31. The first-order valence-corrected chi connectivity index (χ1v) is 11.1. The lowest BCUT2D eigenvalue weighted by atomic mass is 9.89. The molecule has 0 spiro atoms. The van der Waals surface area contributed by atoms with Crippen LogP contribution in [0.1, 0.15) is 32.1 Å². The fourth-order valence-corrected chi connectivity index (χ4v) is 4.37. The maximum absolute atomic E-state index is 12.2. The Kier molecular flexibility index (Phi) is 7.52. The highest BCUT2D eigenvalue weighted by molar-refractivity contribution is 9.10. The number of rotatable bonds is 8. The molecule has 0 aliphatic heterocycles. The normalized spacial score (nSPS) is 14.9. The molecule has 1 aliphatic rings. The standard InChI is InChI=1S/C20H25BrN4OS/c1-2-12-25-19(16-8-10-17(21)11-9-16)23-24-20(25)27-14-18(26)22-13-15-6-4-3-5-7-15/h2,8-11,15H,1,3-7,12-14H2,(H,22,26). The summed E-state index contributed by atoms with van der Waals surface area (Å²) in [5.41, 5.74) is 0.987. The zero-order valence-corrected chi connectivity index (χ0v) is 17.8. The number of benzene rings is 1. The van der Waals surface area contributed by atoms with Gasteiger partial charge in [0, 0.05) is 23.1 Å². The molecule has 0 bridgehead atoms. The number of halogens is 1. The highest BCUT2D eigenvalue weighted by atomic mass is 79.9. The average Bonchev–Trinajstić information content (AvgIpc) is 3.09. The highest BCUT2D eigenvalue weighted by Crippen LogP contribution is 2.26. The van der Waals surface area contributed by atoms with Gasteiger partial charge in [0.2, 0.25) is 5.91 Å². The van der Waals surface area contributed by atoms with Gasteiger partial charge in [-0.05, 0) is 30.9 Å². The van der Waals surface area contributed by atoms with Crippen LogP contribution in [-0.4, -0.2) is 33.0 Å². The number of amides is 1. The highest BCUT2D eigenvalue weighted by Gasteiger charge is 2.17. The van der Waals surface area contributed by atoms with Crippen LogP contribution in [0.5, 0.6) is 0 Å². The molecule has 144 valence electrons.